The Labute approximate surface area is 160 Å². The molecule has 0 aromatic heterocycles. The molecule has 2 N–H and O–H groups in total. The third-order valence-corrected chi connectivity index (χ3v) is 3.36. The van der Waals surface area contributed by atoms with Crippen molar-refractivity contribution >= 4 is 35.1 Å². The molecule has 0 unspecified atom stereocenters. The van der Waals surface area contributed by atoms with Crippen molar-refractivity contribution in [3.8, 4) is 0 Å². The Morgan fingerprint density at radius 2 is 0.893 bits per heavy atom. The molecule has 0 bridgehead atoms. The molecular weight excluding hydrogens is 364 g/mol. The Kier molecular flexibility index (Phi) is 6.81. The van der Waals surface area contributed by atoms with Crippen molar-refractivity contribution in [2.24, 2.45) is 0 Å². The number of rotatable bonds is 6. The summed E-state index contributed by atoms with van der Waals surface area (Å²) in [6.07, 6.45) is 2.91. The van der Waals surface area contributed by atoms with E-state index in [0.29, 0.717) is 12.2 Å². The van der Waals surface area contributed by atoms with E-state index in [0.717, 1.165) is 22.2 Å². The molecule has 8 nitrogen and oxygen atoms in total. The molecule has 142 valence electrons. The smallest absolute Gasteiger partial charge is 0.328 e. The number of nitrogens with zero attached hydrogens (tertiary/aromatic N) is 2. The molecule has 8 heteroatoms. The molecule has 0 saturated heterocycles. The Morgan fingerprint density at radius 1 is 0.571 bits per heavy atom. The maximum absolute atomic E-state index is 12.7. The van der Waals surface area contributed by atoms with Crippen molar-refractivity contribution in [3.63, 3.8) is 0 Å². The van der Waals surface area contributed by atoms with Gasteiger partial charge in [0.1, 0.15) is 0 Å². The lowest BCUT2D eigenvalue weighted by Crippen LogP contribution is -2.49. The van der Waals surface area contributed by atoms with E-state index < -0.39 is 23.8 Å². The number of carbonyl (C=O) groups is 4. The lowest BCUT2D eigenvalue weighted by molar-refractivity contribution is -0.132. The average Bonchev–Trinajstić information content (AvgIpc) is 2.69. The van der Waals surface area contributed by atoms with Gasteiger partial charge in [-0.3, -0.25) is 9.59 Å². The zero-order valence-electron chi connectivity index (χ0n) is 14.5. The first-order chi connectivity index (χ1) is 13.4. The second-order valence-electron chi connectivity index (χ2n) is 5.31. The van der Waals surface area contributed by atoms with Gasteiger partial charge in [0.25, 0.3) is 11.8 Å². The molecule has 0 saturated carbocycles. The number of anilines is 2. The number of hydrogen-bond acceptors (Lipinski definition) is 4. The normalized spacial score (nSPS) is 10.7. The van der Waals surface area contributed by atoms with Gasteiger partial charge in [0.05, 0.1) is 11.4 Å². The summed E-state index contributed by atoms with van der Waals surface area (Å²) in [5.74, 6) is -4.28. The van der Waals surface area contributed by atoms with Gasteiger partial charge in [-0.2, -0.15) is 0 Å². The third kappa shape index (κ3) is 5.40. The molecule has 2 aromatic carbocycles. The second kappa shape index (κ2) is 9.48. The van der Waals surface area contributed by atoms with Crippen LogP contribution in [-0.2, 0) is 19.2 Å². The number of hydrogen-bond donors (Lipinski definition) is 2. The van der Waals surface area contributed by atoms with Gasteiger partial charge in [-0.25, -0.2) is 19.6 Å². The Balaban J connectivity index is 2.60. The van der Waals surface area contributed by atoms with E-state index in [2.05, 4.69) is 0 Å². The highest BCUT2D eigenvalue weighted by Crippen LogP contribution is 2.24. The number of hydrazine groups is 1. The Hall–Kier alpha value is -4.20. The SMILES string of the molecule is O=C(O)/C=C/C(=O)N(c1ccccc1)N(C(=O)/C=C/C(=O)O)c1ccccc1. The highest BCUT2D eigenvalue weighted by Gasteiger charge is 2.27. The molecule has 2 aromatic rings. The molecule has 0 aliphatic carbocycles. The van der Waals surface area contributed by atoms with E-state index in [9.17, 15) is 19.2 Å². The van der Waals surface area contributed by atoms with Crippen LogP contribution in [0.3, 0.4) is 0 Å². The van der Waals surface area contributed by atoms with Crippen molar-refractivity contribution < 1.29 is 29.4 Å². The topological polar surface area (TPSA) is 115 Å². The lowest BCUT2D eigenvalue weighted by atomic mass is 10.2. The Morgan fingerprint density at radius 3 is 1.18 bits per heavy atom. The van der Waals surface area contributed by atoms with Gasteiger partial charge in [-0.1, -0.05) is 36.4 Å². The van der Waals surface area contributed by atoms with E-state index in [4.69, 9.17) is 10.2 Å². The highest BCUT2D eigenvalue weighted by molar-refractivity contribution is 6.14. The first-order valence-electron chi connectivity index (χ1n) is 8.00. The maximum Gasteiger partial charge on any atom is 0.328 e. The highest BCUT2D eigenvalue weighted by atomic mass is 16.4. The van der Waals surface area contributed by atoms with Gasteiger partial charge in [0.2, 0.25) is 0 Å². The van der Waals surface area contributed by atoms with Gasteiger partial charge < -0.3 is 10.2 Å². The van der Waals surface area contributed by atoms with Crippen LogP contribution >= 0.6 is 0 Å². The summed E-state index contributed by atoms with van der Waals surface area (Å²) in [6.45, 7) is 0. The monoisotopic (exact) mass is 380 g/mol. The van der Waals surface area contributed by atoms with Crippen molar-refractivity contribution in [1.82, 2.24) is 0 Å². The molecule has 0 radical (unpaired) electrons. The van der Waals surface area contributed by atoms with Crippen molar-refractivity contribution in [2.45, 2.75) is 0 Å². The van der Waals surface area contributed by atoms with Crippen molar-refractivity contribution in [3.05, 3.63) is 85.0 Å². The number of benzene rings is 2. The lowest BCUT2D eigenvalue weighted by Gasteiger charge is -2.33. The zero-order chi connectivity index (χ0) is 20.5. The average molecular weight is 380 g/mol. The minimum absolute atomic E-state index is 0.281. The third-order valence-electron chi connectivity index (χ3n) is 3.36. The first kappa shape index (κ1) is 20.1. The maximum atomic E-state index is 12.7. The zero-order valence-corrected chi connectivity index (χ0v) is 14.5. The fourth-order valence-electron chi connectivity index (χ4n) is 2.25. The molecular formula is C20H16N2O6. The molecule has 0 heterocycles. The number of aliphatic carboxylic acids is 2. The number of carboxylic acid groups (broad SMARTS) is 2. The molecule has 28 heavy (non-hydrogen) atoms. The summed E-state index contributed by atoms with van der Waals surface area (Å²) < 4.78 is 0. The number of carboxylic acids is 2. The van der Waals surface area contributed by atoms with Crippen LogP contribution in [0, 0.1) is 0 Å². The van der Waals surface area contributed by atoms with Crippen molar-refractivity contribution in [2.75, 3.05) is 10.0 Å². The summed E-state index contributed by atoms with van der Waals surface area (Å²) in [4.78, 5) is 47.1. The predicted octanol–water partition coefficient (Wildman–Crippen LogP) is 2.25. The summed E-state index contributed by atoms with van der Waals surface area (Å²) >= 11 is 0. The van der Waals surface area contributed by atoms with Crippen LogP contribution in [-0.4, -0.2) is 34.0 Å². The van der Waals surface area contributed by atoms with Gasteiger partial charge >= 0.3 is 11.9 Å². The van der Waals surface area contributed by atoms with Gasteiger partial charge in [-0.05, 0) is 24.3 Å². The van der Waals surface area contributed by atoms with Crippen LogP contribution in [0.2, 0.25) is 0 Å². The standard InChI is InChI=1S/C20H16N2O6/c23-17(11-13-19(25)26)21(15-7-3-1-4-8-15)22(16-9-5-2-6-10-16)18(24)12-14-20(27)28/h1-14H,(H,25,26)(H,27,28)/b13-11+,14-12+. The van der Waals surface area contributed by atoms with Gasteiger partial charge in [0, 0.05) is 24.3 Å². The minimum atomic E-state index is -1.33. The molecule has 0 aliphatic heterocycles. The number of carbonyl (C=O) groups excluding carboxylic acids is 2. The Bertz CT molecular complexity index is 845. The van der Waals surface area contributed by atoms with Crippen LogP contribution in [0.4, 0.5) is 11.4 Å². The second-order valence-corrected chi connectivity index (χ2v) is 5.31. The fourth-order valence-corrected chi connectivity index (χ4v) is 2.25. The molecule has 0 fully saturated rings. The summed E-state index contributed by atoms with van der Waals surface area (Å²) in [6, 6.07) is 16.2. The van der Waals surface area contributed by atoms with Crippen LogP contribution in [0.25, 0.3) is 0 Å². The number of para-hydroxylation sites is 2. The van der Waals surface area contributed by atoms with Gasteiger partial charge in [-0.15, -0.1) is 0 Å². The van der Waals surface area contributed by atoms with Crippen LogP contribution in [0.5, 0.6) is 0 Å². The van der Waals surface area contributed by atoms with E-state index >= 15 is 0 Å². The predicted molar refractivity (Wildman–Crippen MR) is 101 cm³/mol. The van der Waals surface area contributed by atoms with E-state index in [1.165, 1.54) is 0 Å². The summed E-state index contributed by atoms with van der Waals surface area (Å²) in [5, 5.41) is 19.5. The van der Waals surface area contributed by atoms with E-state index in [1.54, 1.807) is 60.7 Å². The quantitative estimate of drug-likeness (QED) is 0.587. The fraction of sp³-hybridized carbons (Fsp3) is 0. The van der Waals surface area contributed by atoms with Crippen LogP contribution in [0.15, 0.2) is 85.0 Å². The number of amides is 2. The molecule has 0 spiro atoms. The molecule has 2 rings (SSSR count). The van der Waals surface area contributed by atoms with Gasteiger partial charge in [0.15, 0.2) is 0 Å². The van der Waals surface area contributed by atoms with Crippen molar-refractivity contribution in [1.29, 1.82) is 0 Å². The van der Waals surface area contributed by atoms with E-state index in [-0.39, 0.29) is 11.4 Å². The molecule has 0 atom stereocenters. The van der Waals surface area contributed by atoms with E-state index in [1.807, 2.05) is 0 Å². The van der Waals surface area contributed by atoms with Crippen LogP contribution in [0.1, 0.15) is 0 Å². The van der Waals surface area contributed by atoms with Crippen LogP contribution < -0.4 is 10.0 Å². The first-order valence-corrected chi connectivity index (χ1v) is 8.00. The summed E-state index contributed by atoms with van der Waals surface area (Å²) in [5.41, 5.74) is 0.562. The summed E-state index contributed by atoms with van der Waals surface area (Å²) in [7, 11) is 0. The molecule has 0 aliphatic rings. The molecule has 2 amide bonds. The minimum Gasteiger partial charge on any atom is -0.478 e. The largest absolute Gasteiger partial charge is 0.478 e.